The smallest absolute Gasteiger partial charge is 0.189 e. The molecule has 0 spiro atoms. The Morgan fingerprint density at radius 1 is 1.28 bits per heavy atom. The van der Waals surface area contributed by atoms with Crippen LogP contribution in [0, 0.1) is 5.82 Å². The zero-order valence-corrected chi connectivity index (χ0v) is 13.7. The number of ketones is 1. The van der Waals surface area contributed by atoms with Gasteiger partial charge in [-0.15, -0.1) is 0 Å². The van der Waals surface area contributed by atoms with Crippen LogP contribution in [0.4, 0.5) is 4.39 Å². The third kappa shape index (κ3) is 4.44. The fraction of sp³-hybridized carbons (Fsp3) is 0.158. The summed E-state index contributed by atoms with van der Waals surface area (Å²) >= 11 is 0. The van der Waals surface area contributed by atoms with E-state index in [1.807, 2.05) is 6.92 Å². The molecule has 6 heteroatoms. The summed E-state index contributed by atoms with van der Waals surface area (Å²) in [5.74, 6) is 1.26. The lowest BCUT2D eigenvalue weighted by Crippen LogP contribution is -1.94. The van der Waals surface area contributed by atoms with Gasteiger partial charge in [0.25, 0.3) is 0 Å². The number of rotatable bonds is 7. The van der Waals surface area contributed by atoms with E-state index in [9.17, 15) is 9.18 Å². The molecule has 128 valence electrons. The Kier molecular flexibility index (Phi) is 5.09. The Morgan fingerprint density at radius 2 is 2.08 bits per heavy atom. The van der Waals surface area contributed by atoms with Gasteiger partial charge in [-0.3, -0.25) is 9.48 Å². The zero-order valence-electron chi connectivity index (χ0n) is 13.7. The number of hydrogen-bond acceptors (Lipinski definition) is 4. The van der Waals surface area contributed by atoms with Gasteiger partial charge in [0.05, 0.1) is 11.8 Å². The largest absolute Gasteiger partial charge is 0.486 e. The molecule has 0 N–H and O–H groups in total. The maximum absolute atomic E-state index is 12.8. The molecule has 0 amide bonds. The molecule has 0 unspecified atom stereocenters. The molecule has 0 fully saturated rings. The zero-order chi connectivity index (χ0) is 17.6. The molecule has 0 saturated carbocycles. The van der Waals surface area contributed by atoms with Crippen molar-refractivity contribution < 1.29 is 18.3 Å². The van der Waals surface area contributed by atoms with Gasteiger partial charge in [-0.2, -0.15) is 5.10 Å². The number of furan rings is 1. The molecule has 25 heavy (non-hydrogen) atoms. The summed E-state index contributed by atoms with van der Waals surface area (Å²) in [5, 5.41) is 4.07. The highest BCUT2D eigenvalue weighted by atomic mass is 19.1. The van der Waals surface area contributed by atoms with Crippen molar-refractivity contribution in [2.24, 2.45) is 0 Å². The van der Waals surface area contributed by atoms with Crippen molar-refractivity contribution in [3.8, 4) is 5.75 Å². The average Bonchev–Trinajstić information content (AvgIpc) is 3.28. The van der Waals surface area contributed by atoms with E-state index in [1.165, 1.54) is 18.2 Å². The van der Waals surface area contributed by atoms with Crippen LogP contribution >= 0.6 is 0 Å². The van der Waals surface area contributed by atoms with Gasteiger partial charge in [-0.05, 0) is 55.5 Å². The molecule has 0 aliphatic heterocycles. The van der Waals surface area contributed by atoms with E-state index in [4.69, 9.17) is 9.15 Å². The molecule has 5 nitrogen and oxygen atoms in total. The van der Waals surface area contributed by atoms with Crippen LogP contribution in [0.5, 0.6) is 5.75 Å². The SMILES string of the molecule is CCn1cc(C(=O)/C=C/c2ccc(COc3ccc(F)cc3)o2)cn1. The highest BCUT2D eigenvalue weighted by molar-refractivity contribution is 6.06. The van der Waals surface area contributed by atoms with Crippen LogP contribution in [0.3, 0.4) is 0 Å². The van der Waals surface area contributed by atoms with E-state index in [-0.39, 0.29) is 18.2 Å². The lowest BCUT2D eigenvalue weighted by Gasteiger charge is -2.03. The number of ether oxygens (including phenoxy) is 1. The van der Waals surface area contributed by atoms with Crippen LogP contribution in [-0.4, -0.2) is 15.6 Å². The highest BCUT2D eigenvalue weighted by Crippen LogP contribution is 2.16. The molecule has 0 bridgehead atoms. The molecule has 0 aliphatic carbocycles. The third-order valence-electron chi connectivity index (χ3n) is 3.52. The van der Waals surface area contributed by atoms with Gasteiger partial charge in [0, 0.05) is 12.7 Å². The first kappa shape index (κ1) is 16.7. The Hall–Kier alpha value is -3.15. The number of carbonyl (C=O) groups is 1. The Morgan fingerprint density at radius 3 is 2.80 bits per heavy atom. The standard InChI is InChI=1S/C19H17FN2O3/c1-2-22-12-14(11-21-22)19(23)10-9-17-7-8-18(25-17)13-24-16-5-3-15(20)4-6-16/h3-12H,2,13H2,1H3/b10-9+. The molecular formula is C19H17FN2O3. The third-order valence-corrected chi connectivity index (χ3v) is 3.52. The van der Waals surface area contributed by atoms with Crippen LogP contribution in [0.2, 0.25) is 0 Å². The van der Waals surface area contributed by atoms with Crippen molar-refractivity contribution in [1.82, 2.24) is 9.78 Å². The number of benzene rings is 1. The van der Waals surface area contributed by atoms with Crippen molar-refractivity contribution in [1.29, 1.82) is 0 Å². The second-order valence-electron chi connectivity index (χ2n) is 5.33. The number of halogens is 1. The van der Waals surface area contributed by atoms with E-state index in [0.29, 0.717) is 29.4 Å². The molecule has 2 aromatic heterocycles. The fourth-order valence-electron chi connectivity index (χ4n) is 2.16. The van der Waals surface area contributed by atoms with Gasteiger partial charge < -0.3 is 9.15 Å². The topological polar surface area (TPSA) is 57.3 Å². The van der Waals surface area contributed by atoms with Crippen molar-refractivity contribution in [2.75, 3.05) is 0 Å². The minimum absolute atomic E-state index is 0.139. The molecule has 0 aliphatic rings. The van der Waals surface area contributed by atoms with E-state index < -0.39 is 0 Å². The van der Waals surface area contributed by atoms with Crippen LogP contribution in [0.25, 0.3) is 6.08 Å². The summed E-state index contributed by atoms with van der Waals surface area (Å²) in [6.07, 6.45) is 6.30. The minimum atomic E-state index is -0.313. The van der Waals surface area contributed by atoms with E-state index in [1.54, 1.807) is 47.4 Å². The summed E-state index contributed by atoms with van der Waals surface area (Å²) in [4.78, 5) is 12.1. The van der Waals surface area contributed by atoms with Crippen LogP contribution in [-0.2, 0) is 13.2 Å². The number of nitrogens with zero attached hydrogens (tertiary/aromatic N) is 2. The second-order valence-corrected chi connectivity index (χ2v) is 5.33. The van der Waals surface area contributed by atoms with Crippen LogP contribution in [0.15, 0.2) is 59.3 Å². The molecule has 0 saturated heterocycles. The van der Waals surface area contributed by atoms with Gasteiger partial charge in [0.1, 0.15) is 29.7 Å². The molecule has 2 heterocycles. The summed E-state index contributed by atoms with van der Waals surface area (Å²) in [6, 6.07) is 9.28. The first-order valence-corrected chi connectivity index (χ1v) is 7.86. The van der Waals surface area contributed by atoms with Gasteiger partial charge in [-0.1, -0.05) is 0 Å². The Balaban J connectivity index is 1.57. The first-order valence-electron chi connectivity index (χ1n) is 7.86. The van der Waals surface area contributed by atoms with Crippen LogP contribution < -0.4 is 4.74 Å². The van der Waals surface area contributed by atoms with Crippen molar-refractivity contribution in [2.45, 2.75) is 20.1 Å². The molecule has 3 rings (SSSR count). The Bertz CT molecular complexity index is 878. The molecule has 3 aromatic rings. The van der Waals surface area contributed by atoms with Gasteiger partial charge in [-0.25, -0.2) is 4.39 Å². The van der Waals surface area contributed by atoms with Gasteiger partial charge in [0.2, 0.25) is 0 Å². The lowest BCUT2D eigenvalue weighted by atomic mass is 10.2. The first-order chi connectivity index (χ1) is 12.1. The van der Waals surface area contributed by atoms with E-state index in [0.717, 1.165) is 0 Å². The molecular weight excluding hydrogens is 323 g/mol. The summed E-state index contributed by atoms with van der Waals surface area (Å²) in [5.41, 5.74) is 0.532. The van der Waals surface area contributed by atoms with Gasteiger partial charge >= 0.3 is 0 Å². The monoisotopic (exact) mass is 340 g/mol. The molecule has 0 radical (unpaired) electrons. The number of aryl methyl sites for hydroxylation is 1. The second kappa shape index (κ2) is 7.61. The summed E-state index contributed by atoms with van der Waals surface area (Å²) in [6.45, 7) is 2.89. The summed E-state index contributed by atoms with van der Waals surface area (Å²) in [7, 11) is 0. The van der Waals surface area contributed by atoms with E-state index >= 15 is 0 Å². The van der Waals surface area contributed by atoms with Crippen LogP contribution in [0.1, 0.15) is 28.8 Å². The van der Waals surface area contributed by atoms with Crippen molar-refractivity contribution >= 4 is 11.9 Å². The lowest BCUT2D eigenvalue weighted by molar-refractivity contribution is 0.104. The van der Waals surface area contributed by atoms with Gasteiger partial charge in [0.15, 0.2) is 5.78 Å². The maximum atomic E-state index is 12.8. The number of allylic oxidation sites excluding steroid dienone is 1. The normalized spacial score (nSPS) is 11.1. The quantitative estimate of drug-likeness (QED) is 0.480. The Labute approximate surface area is 144 Å². The van der Waals surface area contributed by atoms with Crippen molar-refractivity contribution in [3.05, 3.63) is 77.8 Å². The summed E-state index contributed by atoms with van der Waals surface area (Å²) < 4.78 is 25.6. The molecule has 0 atom stereocenters. The minimum Gasteiger partial charge on any atom is -0.486 e. The predicted molar refractivity (Wildman–Crippen MR) is 90.7 cm³/mol. The number of carbonyl (C=O) groups excluding carboxylic acids is 1. The average molecular weight is 340 g/mol. The molecule has 1 aromatic carbocycles. The number of hydrogen-bond donors (Lipinski definition) is 0. The van der Waals surface area contributed by atoms with Crippen molar-refractivity contribution in [3.63, 3.8) is 0 Å². The fourth-order valence-corrected chi connectivity index (χ4v) is 2.16. The van der Waals surface area contributed by atoms with E-state index in [2.05, 4.69) is 5.10 Å². The maximum Gasteiger partial charge on any atom is 0.189 e. The number of aromatic nitrogens is 2. The highest BCUT2D eigenvalue weighted by Gasteiger charge is 2.06. The predicted octanol–water partition coefficient (Wildman–Crippen LogP) is 4.11.